The van der Waals surface area contributed by atoms with Crippen molar-refractivity contribution in [1.29, 1.82) is 0 Å². The lowest BCUT2D eigenvalue weighted by atomic mass is 10.1. The Bertz CT molecular complexity index is 787. The van der Waals surface area contributed by atoms with Gasteiger partial charge in [-0.15, -0.1) is 0 Å². The van der Waals surface area contributed by atoms with E-state index in [4.69, 9.17) is 21.1 Å². The SMILES string of the molecule is CC(C)(C)OC(=O)[C@H](CCNC(=O)/C=C/c1cccc(Cl)c1F)NC(O)OC(C)(C)C. The first-order valence-electron chi connectivity index (χ1n) is 9.93. The average Bonchev–Trinajstić information content (AvgIpc) is 2.59. The number of hydrogen-bond donors (Lipinski definition) is 3. The maximum Gasteiger partial charge on any atom is 0.323 e. The fourth-order valence-corrected chi connectivity index (χ4v) is 2.58. The molecular formula is C22H32ClFN2O5. The van der Waals surface area contributed by atoms with Gasteiger partial charge in [-0.1, -0.05) is 23.7 Å². The highest BCUT2D eigenvalue weighted by Gasteiger charge is 2.28. The van der Waals surface area contributed by atoms with E-state index >= 15 is 0 Å². The number of aliphatic hydroxyl groups is 1. The number of carbonyl (C=O) groups is 2. The second-order valence-electron chi connectivity index (χ2n) is 8.89. The molecule has 1 aromatic rings. The summed E-state index contributed by atoms with van der Waals surface area (Å²) in [6, 6.07) is 3.55. The van der Waals surface area contributed by atoms with Gasteiger partial charge in [-0.3, -0.25) is 14.9 Å². The Kier molecular flexibility index (Phi) is 10.1. The molecule has 0 aliphatic heterocycles. The molecule has 0 fully saturated rings. The monoisotopic (exact) mass is 458 g/mol. The van der Waals surface area contributed by atoms with Crippen LogP contribution in [0.1, 0.15) is 53.5 Å². The Hall–Kier alpha value is -2.00. The summed E-state index contributed by atoms with van der Waals surface area (Å²) in [6.07, 6.45) is 1.20. The van der Waals surface area contributed by atoms with Crippen molar-refractivity contribution in [2.75, 3.05) is 6.54 Å². The molecule has 0 aliphatic rings. The maximum absolute atomic E-state index is 13.9. The zero-order chi connectivity index (χ0) is 23.8. The van der Waals surface area contributed by atoms with Gasteiger partial charge >= 0.3 is 5.97 Å². The smallest absolute Gasteiger partial charge is 0.323 e. The number of benzene rings is 1. The zero-order valence-electron chi connectivity index (χ0n) is 18.8. The first kappa shape index (κ1) is 27.0. The van der Waals surface area contributed by atoms with Crippen LogP contribution in [0, 0.1) is 5.82 Å². The van der Waals surface area contributed by atoms with Crippen LogP contribution in [0.5, 0.6) is 0 Å². The number of esters is 1. The minimum Gasteiger partial charge on any atom is -0.459 e. The minimum atomic E-state index is -1.40. The van der Waals surface area contributed by atoms with Gasteiger partial charge in [0.1, 0.15) is 17.5 Å². The predicted molar refractivity (Wildman–Crippen MR) is 118 cm³/mol. The standard InChI is InChI=1S/C22H32ClFN2O5/c1-21(2,3)30-19(28)16(26-20(29)31-22(4,5)6)12-13-25-17(27)11-10-14-8-7-9-15(23)18(14)24/h7-11,16,20,26,29H,12-13H2,1-6H3,(H,25,27)/b11-10+/t16-,20?/m0/s1. The normalized spacial score (nSPS) is 14.4. The molecule has 0 saturated heterocycles. The van der Waals surface area contributed by atoms with Gasteiger partial charge in [0.2, 0.25) is 12.3 Å². The van der Waals surface area contributed by atoms with E-state index in [0.717, 1.165) is 0 Å². The molecule has 9 heteroatoms. The van der Waals surface area contributed by atoms with Gasteiger partial charge in [0.05, 0.1) is 10.6 Å². The van der Waals surface area contributed by atoms with Crippen molar-refractivity contribution < 1.29 is 28.6 Å². The second-order valence-corrected chi connectivity index (χ2v) is 9.30. The number of carbonyl (C=O) groups excluding carboxylic acids is 2. The van der Waals surface area contributed by atoms with Gasteiger partial charge in [-0.05, 0) is 60.1 Å². The van der Waals surface area contributed by atoms with Crippen molar-refractivity contribution in [3.05, 3.63) is 40.7 Å². The van der Waals surface area contributed by atoms with Crippen molar-refractivity contribution in [2.45, 2.75) is 71.6 Å². The number of ether oxygens (including phenoxy) is 2. The van der Waals surface area contributed by atoms with E-state index in [1.807, 2.05) is 0 Å². The van der Waals surface area contributed by atoms with E-state index in [-0.39, 0.29) is 23.6 Å². The highest BCUT2D eigenvalue weighted by atomic mass is 35.5. The van der Waals surface area contributed by atoms with Crippen LogP contribution >= 0.6 is 11.6 Å². The lowest BCUT2D eigenvalue weighted by molar-refractivity contribution is -0.193. The quantitative estimate of drug-likeness (QED) is 0.298. The van der Waals surface area contributed by atoms with Gasteiger partial charge in [-0.2, -0.15) is 0 Å². The largest absolute Gasteiger partial charge is 0.459 e. The number of rotatable bonds is 9. The maximum atomic E-state index is 13.9. The summed E-state index contributed by atoms with van der Waals surface area (Å²) in [5.41, 5.74) is -1.18. The molecule has 1 amide bonds. The van der Waals surface area contributed by atoms with Crippen molar-refractivity contribution in [2.24, 2.45) is 0 Å². The Morgan fingerprint density at radius 3 is 2.42 bits per heavy atom. The molecule has 2 atom stereocenters. The molecule has 0 aromatic heterocycles. The van der Waals surface area contributed by atoms with E-state index in [9.17, 15) is 19.1 Å². The molecule has 31 heavy (non-hydrogen) atoms. The van der Waals surface area contributed by atoms with Crippen LogP contribution in [0.25, 0.3) is 6.08 Å². The van der Waals surface area contributed by atoms with Crippen LogP contribution < -0.4 is 10.6 Å². The summed E-state index contributed by atoms with van der Waals surface area (Å²) >= 11 is 5.71. The van der Waals surface area contributed by atoms with Crippen LogP contribution in [-0.2, 0) is 19.1 Å². The second kappa shape index (κ2) is 11.6. The zero-order valence-corrected chi connectivity index (χ0v) is 19.5. The third kappa shape index (κ3) is 11.3. The number of nitrogens with one attached hydrogen (secondary N) is 2. The van der Waals surface area contributed by atoms with Gasteiger partial charge in [0.15, 0.2) is 0 Å². The molecular weight excluding hydrogens is 427 g/mol. The fourth-order valence-electron chi connectivity index (χ4n) is 2.40. The Morgan fingerprint density at radius 1 is 1.19 bits per heavy atom. The third-order valence-corrected chi connectivity index (χ3v) is 3.92. The summed E-state index contributed by atoms with van der Waals surface area (Å²) < 4.78 is 24.6. The summed E-state index contributed by atoms with van der Waals surface area (Å²) in [6.45, 7) is 10.6. The highest BCUT2D eigenvalue weighted by molar-refractivity contribution is 6.30. The molecule has 0 spiro atoms. The molecule has 0 heterocycles. The van der Waals surface area contributed by atoms with Crippen molar-refractivity contribution >= 4 is 29.6 Å². The Balaban J connectivity index is 2.69. The van der Waals surface area contributed by atoms with Crippen LogP contribution in [0.2, 0.25) is 5.02 Å². The Labute approximate surface area is 187 Å². The summed E-state index contributed by atoms with van der Waals surface area (Å²) in [4.78, 5) is 24.5. The van der Waals surface area contributed by atoms with Crippen LogP contribution in [-0.4, -0.2) is 47.2 Å². The van der Waals surface area contributed by atoms with Crippen LogP contribution in [0.4, 0.5) is 4.39 Å². The molecule has 174 valence electrons. The molecule has 1 aromatic carbocycles. The topological polar surface area (TPSA) is 96.9 Å². The van der Waals surface area contributed by atoms with Crippen molar-refractivity contribution in [3.8, 4) is 0 Å². The highest BCUT2D eigenvalue weighted by Crippen LogP contribution is 2.18. The lowest BCUT2D eigenvalue weighted by Crippen LogP contribution is -2.50. The molecule has 1 rings (SSSR count). The van der Waals surface area contributed by atoms with Crippen molar-refractivity contribution in [1.82, 2.24) is 10.6 Å². The molecule has 0 radical (unpaired) electrons. The van der Waals surface area contributed by atoms with Crippen molar-refractivity contribution in [3.63, 3.8) is 0 Å². The average molecular weight is 459 g/mol. The molecule has 3 N–H and O–H groups in total. The Morgan fingerprint density at radius 2 is 1.84 bits per heavy atom. The van der Waals surface area contributed by atoms with Gasteiger partial charge in [0.25, 0.3) is 0 Å². The predicted octanol–water partition coefficient (Wildman–Crippen LogP) is 3.39. The molecule has 0 bridgehead atoms. The first-order chi connectivity index (χ1) is 14.2. The minimum absolute atomic E-state index is 0.0372. The molecule has 0 aliphatic carbocycles. The number of hydrogen-bond acceptors (Lipinski definition) is 6. The number of aliphatic hydroxyl groups excluding tert-OH is 1. The van der Waals surface area contributed by atoms with E-state index in [1.165, 1.54) is 24.3 Å². The molecule has 0 saturated carbocycles. The van der Waals surface area contributed by atoms with Crippen LogP contribution in [0.3, 0.4) is 0 Å². The fraction of sp³-hybridized carbons (Fsp3) is 0.545. The summed E-state index contributed by atoms with van der Waals surface area (Å²) in [5.74, 6) is -1.68. The molecule has 7 nitrogen and oxygen atoms in total. The van der Waals surface area contributed by atoms with E-state index in [0.29, 0.717) is 0 Å². The summed E-state index contributed by atoms with van der Waals surface area (Å²) in [5, 5.41) is 15.3. The van der Waals surface area contributed by atoms with Gasteiger partial charge in [0, 0.05) is 18.2 Å². The lowest BCUT2D eigenvalue weighted by Gasteiger charge is -2.29. The number of amides is 1. The molecule has 1 unspecified atom stereocenters. The van der Waals surface area contributed by atoms with E-state index in [2.05, 4.69) is 10.6 Å². The summed E-state index contributed by atoms with van der Waals surface area (Å²) in [7, 11) is 0. The number of halogens is 2. The first-order valence-corrected chi connectivity index (χ1v) is 10.3. The van der Waals surface area contributed by atoms with Crippen LogP contribution in [0.15, 0.2) is 24.3 Å². The van der Waals surface area contributed by atoms with E-state index < -0.39 is 41.4 Å². The third-order valence-electron chi connectivity index (χ3n) is 3.63. The van der Waals surface area contributed by atoms with E-state index in [1.54, 1.807) is 47.6 Å². The van der Waals surface area contributed by atoms with Gasteiger partial charge < -0.3 is 19.9 Å². The van der Waals surface area contributed by atoms with Gasteiger partial charge in [-0.25, -0.2) is 4.39 Å².